The van der Waals surface area contributed by atoms with Gasteiger partial charge in [-0.2, -0.15) is 0 Å². The van der Waals surface area contributed by atoms with E-state index >= 15 is 0 Å². The minimum Gasteiger partial charge on any atom is -0.447 e. The second-order valence-corrected chi connectivity index (χ2v) is 4.50. The number of pyridine rings is 1. The van der Waals surface area contributed by atoms with Crippen LogP contribution in [0.2, 0.25) is 0 Å². The minimum atomic E-state index is -0.446. The van der Waals surface area contributed by atoms with E-state index in [0.29, 0.717) is 17.0 Å². The number of halogens is 1. The number of nitrogens with zero attached hydrogens (tertiary/aromatic N) is 1. The van der Waals surface area contributed by atoms with Crippen molar-refractivity contribution in [2.75, 3.05) is 6.61 Å². The molecule has 1 aliphatic heterocycles. The summed E-state index contributed by atoms with van der Waals surface area (Å²) in [6.45, 7) is 0.257. The summed E-state index contributed by atoms with van der Waals surface area (Å²) in [5.41, 5.74) is 1.82. The number of amides is 1. The van der Waals surface area contributed by atoms with Gasteiger partial charge < -0.3 is 10.1 Å². The zero-order valence-electron chi connectivity index (χ0n) is 11.0. The molecule has 1 N–H and O–H groups in total. The van der Waals surface area contributed by atoms with E-state index in [2.05, 4.69) is 22.1 Å². The molecule has 0 radical (unpaired) electrons. The molecule has 1 saturated heterocycles. The molecule has 0 spiro atoms. The molecular weight excluding hydrogens is 271 g/mol. The highest BCUT2D eigenvalue weighted by Crippen LogP contribution is 2.16. The fourth-order valence-corrected chi connectivity index (χ4v) is 1.96. The Bertz CT molecular complexity index is 749. The van der Waals surface area contributed by atoms with E-state index in [0.717, 1.165) is 0 Å². The Morgan fingerprint density at radius 3 is 2.86 bits per heavy atom. The Morgan fingerprint density at radius 1 is 1.24 bits per heavy atom. The Morgan fingerprint density at radius 2 is 2.10 bits per heavy atom. The van der Waals surface area contributed by atoms with Gasteiger partial charge in [0.05, 0.1) is 5.69 Å². The molecule has 3 rings (SSSR count). The molecule has 4 nitrogen and oxygen atoms in total. The van der Waals surface area contributed by atoms with Crippen LogP contribution in [0.25, 0.3) is 0 Å². The summed E-state index contributed by atoms with van der Waals surface area (Å²) in [4.78, 5) is 15.4. The van der Waals surface area contributed by atoms with Gasteiger partial charge in [-0.3, -0.25) is 0 Å². The van der Waals surface area contributed by atoms with Gasteiger partial charge in [0.1, 0.15) is 24.2 Å². The number of carbonyl (C=O) groups excluding carboxylic acids is 1. The average Bonchev–Trinajstić information content (AvgIpc) is 2.92. The van der Waals surface area contributed by atoms with Crippen LogP contribution >= 0.6 is 0 Å². The summed E-state index contributed by atoms with van der Waals surface area (Å²) in [7, 11) is 0. The van der Waals surface area contributed by atoms with Gasteiger partial charge in [0.2, 0.25) is 0 Å². The number of carbonyl (C=O) groups is 1. The number of cyclic esters (lactones) is 1. The van der Waals surface area contributed by atoms with Crippen LogP contribution < -0.4 is 5.32 Å². The highest BCUT2D eigenvalue weighted by molar-refractivity contribution is 5.69. The number of rotatable bonds is 1. The first-order valence-corrected chi connectivity index (χ1v) is 6.38. The van der Waals surface area contributed by atoms with Gasteiger partial charge in [0.25, 0.3) is 0 Å². The molecule has 2 aromatic rings. The van der Waals surface area contributed by atoms with Gasteiger partial charge >= 0.3 is 6.09 Å². The van der Waals surface area contributed by atoms with Crippen molar-refractivity contribution in [3.05, 3.63) is 65.2 Å². The summed E-state index contributed by atoms with van der Waals surface area (Å²) in [6.07, 6.45) is -0.446. The zero-order chi connectivity index (χ0) is 14.7. The van der Waals surface area contributed by atoms with Crippen LogP contribution in [0.4, 0.5) is 9.18 Å². The number of ether oxygens (including phenoxy) is 1. The number of alkyl carbamates (subject to hydrolysis) is 1. The highest BCUT2D eigenvalue weighted by Gasteiger charge is 2.24. The second-order valence-electron chi connectivity index (χ2n) is 4.50. The maximum absolute atomic E-state index is 13.1. The lowest BCUT2D eigenvalue weighted by Crippen LogP contribution is -2.19. The van der Waals surface area contributed by atoms with E-state index in [1.165, 1.54) is 12.1 Å². The highest BCUT2D eigenvalue weighted by atomic mass is 19.1. The minimum absolute atomic E-state index is 0.256. The third-order valence-electron chi connectivity index (χ3n) is 2.96. The van der Waals surface area contributed by atoms with Crippen LogP contribution in [-0.2, 0) is 4.74 Å². The summed E-state index contributed by atoms with van der Waals surface area (Å²) in [5, 5.41) is 2.66. The molecular formula is C16H11FN2O2. The molecule has 0 unspecified atom stereocenters. The van der Waals surface area contributed by atoms with E-state index in [9.17, 15) is 9.18 Å². The Balaban J connectivity index is 1.82. The molecule has 0 aliphatic carbocycles. The number of aromatic nitrogens is 1. The van der Waals surface area contributed by atoms with Crippen molar-refractivity contribution in [2.24, 2.45) is 0 Å². The Kier molecular flexibility index (Phi) is 3.52. The molecule has 104 valence electrons. The van der Waals surface area contributed by atoms with Crippen LogP contribution in [0, 0.1) is 17.7 Å². The Labute approximate surface area is 121 Å². The predicted octanol–water partition coefficient (Wildman–Crippen LogP) is 2.40. The predicted molar refractivity (Wildman–Crippen MR) is 73.8 cm³/mol. The molecule has 1 amide bonds. The van der Waals surface area contributed by atoms with Crippen LogP contribution in [0.3, 0.4) is 0 Å². The first kappa shape index (κ1) is 13.1. The summed E-state index contributed by atoms with van der Waals surface area (Å²) in [6, 6.07) is 11.2. The number of nitrogens with one attached hydrogen (secondary N) is 1. The first-order chi connectivity index (χ1) is 10.2. The molecule has 1 fully saturated rings. The molecule has 1 aliphatic rings. The Hall–Kier alpha value is -2.87. The van der Waals surface area contributed by atoms with Crippen molar-refractivity contribution in [3.8, 4) is 11.8 Å². The van der Waals surface area contributed by atoms with Crippen molar-refractivity contribution >= 4 is 6.09 Å². The van der Waals surface area contributed by atoms with Crippen molar-refractivity contribution in [1.82, 2.24) is 10.3 Å². The molecule has 2 heterocycles. The summed E-state index contributed by atoms with van der Waals surface area (Å²) in [5.74, 6) is 5.41. The third kappa shape index (κ3) is 3.18. The largest absolute Gasteiger partial charge is 0.447 e. The van der Waals surface area contributed by atoms with Crippen LogP contribution in [0.5, 0.6) is 0 Å². The fraction of sp³-hybridized carbons (Fsp3) is 0.125. The van der Waals surface area contributed by atoms with E-state index in [1.807, 2.05) is 6.07 Å². The molecule has 0 saturated carbocycles. The van der Waals surface area contributed by atoms with Crippen molar-refractivity contribution in [1.29, 1.82) is 0 Å². The summed E-state index contributed by atoms with van der Waals surface area (Å²) >= 11 is 0. The van der Waals surface area contributed by atoms with E-state index in [-0.39, 0.29) is 18.5 Å². The maximum Gasteiger partial charge on any atom is 0.407 e. The van der Waals surface area contributed by atoms with Crippen molar-refractivity contribution in [2.45, 2.75) is 6.04 Å². The molecule has 21 heavy (non-hydrogen) atoms. The third-order valence-corrected chi connectivity index (χ3v) is 2.96. The molecule has 5 heteroatoms. The van der Waals surface area contributed by atoms with Crippen LogP contribution in [-0.4, -0.2) is 17.7 Å². The molecule has 1 atom stereocenters. The maximum atomic E-state index is 13.1. The van der Waals surface area contributed by atoms with Gasteiger partial charge in [-0.05, 0) is 36.3 Å². The van der Waals surface area contributed by atoms with E-state index in [4.69, 9.17) is 4.74 Å². The van der Waals surface area contributed by atoms with Gasteiger partial charge in [-0.25, -0.2) is 14.2 Å². The lowest BCUT2D eigenvalue weighted by Gasteiger charge is -2.06. The normalized spacial score (nSPS) is 16.6. The van der Waals surface area contributed by atoms with Gasteiger partial charge in [-0.1, -0.05) is 18.1 Å². The second kappa shape index (κ2) is 5.63. The lowest BCUT2D eigenvalue weighted by atomic mass is 10.2. The van der Waals surface area contributed by atoms with Crippen molar-refractivity contribution < 1.29 is 13.9 Å². The smallest absolute Gasteiger partial charge is 0.407 e. The number of hydrogen-bond donors (Lipinski definition) is 1. The van der Waals surface area contributed by atoms with Gasteiger partial charge in [-0.15, -0.1) is 0 Å². The number of hydrogen-bond acceptors (Lipinski definition) is 3. The van der Waals surface area contributed by atoms with E-state index < -0.39 is 6.09 Å². The quantitative estimate of drug-likeness (QED) is 0.817. The molecule has 1 aromatic heterocycles. The van der Waals surface area contributed by atoms with Crippen molar-refractivity contribution in [3.63, 3.8) is 0 Å². The zero-order valence-corrected chi connectivity index (χ0v) is 11.0. The molecule has 0 bridgehead atoms. The van der Waals surface area contributed by atoms with Gasteiger partial charge in [0.15, 0.2) is 0 Å². The van der Waals surface area contributed by atoms with Gasteiger partial charge in [0, 0.05) is 5.56 Å². The fourth-order valence-electron chi connectivity index (χ4n) is 1.96. The van der Waals surface area contributed by atoms with Crippen LogP contribution in [0.15, 0.2) is 42.5 Å². The standard InChI is InChI=1S/C16H11FN2O2/c17-12-4-1-3-11(9-12)7-8-13-5-2-6-14(18-13)15-10-21-16(20)19-15/h1-6,9,15H,10H2,(H,19,20)/t15-/m0/s1. The first-order valence-electron chi connectivity index (χ1n) is 6.38. The van der Waals surface area contributed by atoms with E-state index in [1.54, 1.807) is 24.3 Å². The summed E-state index contributed by atoms with van der Waals surface area (Å²) < 4.78 is 17.9. The lowest BCUT2D eigenvalue weighted by molar-refractivity contribution is 0.177. The SMILES string of the molecule is O=C1N[C@H](c2cccc(C#Cc3cccc(F)c3)n2)CO1. The monoisotopic (exact) mass is 282 g/mol. The average molecular weight is 282 g/mol. The topological polar surface area (TPSA) is 51.2 Å². The number of benzene rings is 1. The van der Waals surface area contributed by atoms with Crippen LogP contribution in [0.1, 0.15) is 23.0 Å². The molecule has 1 aromatic carbocycles.